The molecule has 0 aromatic heterocycles. The standard InChI is InChI=1S/C17H15N3O4/c1-11(13-5-3-12(10-18)4-6-13)19-17(21)14-7-8-16(24-2)15(9-14)20(22)23/h3-9,11H,1-2H3,(H,19,21). The van der Waals surface area contributed by atoms with Gasteiger partial charge in [-0.2, -0.15) is 5.26 Å². The molecule has 1 N–H and O–H groups in total. The highest BCUT2D eigenvalue weighted by molar-refractivity contribution is 5.95. The fraction of sp³-hybridized carbons (Fsp3) is 0.176. The van der Waals surface area contributed by atoms with Crippen LogP contribution >= 0.6 is 0 Å². The van der Waals surface area contributed by atoms with E-state index in [0.717, 1.165) is 5.56 Å². The smallest absolute Gasteiger partial charge is 0.311 e. The van der Waals surface area contributed by atoms with Crippen molar-refractivity contribution in [2.75, 3.05) is 7.11 Å². The van der Waals surface area contributed by atoms with Crippen LogP contribution in [0.25, 0.3) is 0 Å². The molecule has 0 bridgehead atoms. The summed E-state index contributed by atoms with van der Waals surface area (Å²) in [5, 5.41) is 22.6. The molecular weight excluding hydrogens is 310 g/mol. The number of carbonyl (C=O) groups excluding carboxylic acids is 1. The van der Waals surface area contributed by atoms with E-state index < -0.39 is 10.8 Å². The van der Waals surface area contributed by atoms with Crippen LogP contribution in [0.2, 0.25) is 0 Å². The maximum absolute atomic E-state index is 12.3. The Morgan fingerprint density at radius 1 is 1.29 bits per heavy atom. The molecule has 0 saturated heterocycles. The molecule has 0 aliphatic carbocycles. The molecule has 0 radical (unpaired) electrons. The van der Waals surface area contributed by atoms with Gasteiger partial charge in [0.1, 0.15) is 0 Å². The van der Waals surface area contributed by atoms with Gasteiger partial charge in [-0.05, 0) is 36.8 Å². The van der Waals surface area contributed by atoms with Crippen molar-refractivity contribution in [1.29, 1.82) is 5.26 Å². The zero-order chi connectivity index (χ0) is 17.7. The Morgan fingerprint density at radius 2 is 1.96 bits per heavy atom. The van der Waals surface area contributed by atoms with Gasteiger partial charge in [0.2, 0.25) is 0 Å². The number of nitro benzene ring substituents is 1. The first kappa shape index (κ1) is 17.0. The van der Waals surface area contributed by atoms with E-state index in [0.29, 0.717) is 5.56 Å². The van der Waals surface area contributed by atoms with Crippen LogP contribution < -0.4 is 10.1 Å². The molecule has 0 spiro atoms. The minimum atomic E-state index is -0.598. The largest absolute Gasteiger partial charge is 0.490 e. The topological polar surface area (TPSA) is 105 Å². The average Bonchev–Trinajstić information content (AvgIpc) is 2.60. The minimum Gasteiger partial charge on any atom is -0.490 e. The molecule has 0 fully saturated rings. The average molecular weight is 325 g/mol. The summed E-state index contributed by atoms with van der Waals surface area (Å²) in [6.45, 7) is 1.79. The molecule has 0 aliphatic heterocycles. The number of benzene rings is 2. The molecule has 7 heteroatoms. The van der Waals surface area contributed by atoms with Gasteiger partial charge in [-0.15, -0.1) is 0 Å². The zero-order valence-corrected chi connectivity index (χ0v) is 13.1. The molecule has 0 heterocycles. The molecule has 0 saturated carbocycles. The molecule has 1 amide bonds. The first-order chi connectivity index (χ1) is 11.5. The van der Waals surface area contributed by atoms with Crippen LogP contribution in [0.15, 0.2) is 42.5 Å². The third-order valence-corrected chi connectivity index (χ3v) is 3.53. The lowest BCUT2D eigenvalue weighted by Gasteiger charge is -2.14. The van der Waals surface area contributed by atoms with E-state index in [9.17, 15) is 14.9 Å². The normalized spacial score (nSPS) is 11.2. The Kier molecular flexibility index (Phi) is 5.12. The van der Waals surface area contributed by atoms with E-state index in [-0.39, 0.29) is 23.0 Å². The van der Waals surface area contributed by atoms with Crippen molar-refractivity contribution in [3.8, 4) is 11.8 Å². The maximum atomic E-state index is 12.3. The second-order valence-electron chi connectivity index (χ2n) is 5.07. The van der Waals surface area contributed by atoms with Crippen LogP contribution in [0.1, 0.15) is 34.5 Å². The quantitative estimate of drug-likeness (QED) is 0.672. The predicted octanol–water partition coefficient (Wildman–Crippen LogP) is 2.97. The number of nitro groups is 1. The van der Waals surface area contributed by atoms with Crippen molar-refractivity contribution in [3.05, 3.63) is 69.3 Å². The van der Waals surface area contributed by atoms with Crippen LogP contribution in [-0.2, 0) is 0 Å². The van der Waals surface area contributed by atoms with Gasteiger partial charge in [0.25, 0.3) is 5.91 Å². The summed E-state index contributed by atoms with van der Waals surface area (Å²) in [6, 6.07) is 12.6. The van der Waals surface area contributed by atoms with Crippen molar-refractivity contribution in [1.82, 2.24) is 5.32 Å². The van der Waals surface area contributed by atoms with E-state index in [2.05, 4.69) is 5.32 Å². The molecule has 2 aromatic rings. The van der Waals surface area contributed by atoms with Crippen molar-refractivity contribution in [3.63, 3.8) is 0 Å². The molecule has 2 aromatic carbocycles. The number of methoxy groups -OCH3 is 1. The molecule has 122 valence electrons. The summed E-state index contributed by atoms with van der Waals surface area (Å²) >= 11 is 0. The Bertz CT molecular complexity index is 810. The molecule has 7 nitrogen and oxygen atoms in total. The molecule has 24 heavy (non-hydrogen) atoms. The van der Waals surface area contributed by atoms with Gasteiger partial charge < -0.3 is 10.1 Å². The molecular formula is C17H15N3O4. The Labute approximate surface area is 138 Å². The number of hydrogen-bond donors (Lipinski definition) is 1. The van der Waals surface area contributed by atoms with Crippen LogP contribution in [-0.4, -0.2) is 17.9 Å². The summed E-state index contributed by atoms with van der Waals surface area (Å²) in [6.07, 6.45) is 0. The van der Waals surface area contributed by atoms with Crippen LogP contribution in [0, 0.1) is 21.4 Å². The first-order valence-corrected chi connectivity index (χ1v) is 7.09. The van der Waals surface area contributed by atoms with Crippen LogP contribution in [0.3, 0.4) is 0 Å². The van der Waals surface area contributed by atoms with Gasteiger partial charge >= 0.3 is 5.69 Å². The van der Waals surface area contributed by atoms with Gasteiger partial charge in [-0.1, -0.05) is 12.1 Å². The van der Waals surface area contributed by atoms with E-state index in [1.54, 1.807) is 31.2 Å². The fourth-order valence-corrected chi connectivity index (χ4v) is 2.18. The van der Waals surface area contributed by atoms with E-state index in [1.807, 2.05) is 6.07 Å². The summed E-state index contributed by atoms with van der Waals surface area (Å²) in [7, 11) is 1.33. The lowest BCUT2D eigenvalue weighted by atomic mass is 10.1. The molecule has 2 rings (SSSR count). The SMILES string of the molecule is COc1ccc(C(=O)NC(C)c2ccc(C#N)cc2)cc1[N+](=O)[O-]. The van der Waals surface area contributed by atoms with Crippen molar-refractivity contribution in [2.45, 2.75) is 13.0 Å². The monoisotopic (exact) mass is 325 g/mol. The van der Waals surface area contributed by atoms with Gasteiger partial charge in [0, 0.05) is 11.6 Å². The molecule has 0 aliphatic rings. The number of rotatable bonds is 5. The number of carbonyl (C=O) groups is 1. The third kappa shape index (κ3) is 3.67. The third-order valence-electron chi connectivity index (χ3n) is 3.53. The highest BCUT2D eigenvalue weighted by Crippen LogP contribution is 2.27. The second-order valence-corrected chi connectivity index (χ2v) is 5.07. The van der Waals surface area contributed by atoms with Gasteiger partial charge in [-0.3, -0.25) is 14.9 Å². The minimum absolute atomic E-state index is 0.0942. The Hall–Kier alpha value is -3.40. The van der Waals surface area contributed by atoms with Crippen molar-refractivity contribution >= 4 is 11.6 Å². The highest BCUT2D eigenvalue weighted by atomic mass is 16.6. The van der Waals surface area contributed by atoms with Gasteiger partial charge in [-0.25, -0.2) is 0 Å². The highest BCUT2D eigenvalue weighted by Gasteiger charge is 2.19. The summed E-state index contributed by atoms with van der Waals surface area (Å²) in [5.41, 5.74) is 1.26. The van der Waals surface area contributed by atoms with Gasteiger partial charge in [0.15, 0.2) is 5.75 Å². The maximum Gasteiger partial charge on any atom is 0.311 e. The number of hydrogen-bond acceptors (Lipinski definition) is 5. The number of nitriles is 1. The number of ether oxygens (including phenoxy) is 1. The molecule has 1 atom stereocenters. The lowest BCUT2D eigenvalue weighted by Crippen LogP contribution is -2.26. The van der Waals surface area contributed by atoms with Gasteiger partial charge in [0.05, 0.1) is 29.7 Å². The lowest BCUT2D eigenvalue weighted by molar-refractivity contribution is -0.385. The van der Waals surface area contributed by atoms with Crippen molar-refractivity contribution in [2.24, 2.45) is 0 Å². The fourth-order valence-electron chi connectivity index (χ4n) is 2.18. The first-order valence-electron chi connectivity index (χ1n) is 7.09. The summed E-state index contributed by atoms with van der Waals surface area (Å²) < 4.78 is 4.91. The van der Waals surface area contributed by atoms with Crippen LogP contribution in [0.5, 0.6) is 5.75 Å². The second kappa shape index (κ2) is 7.24. The van der Waals surface area contributed by atoms with E-state index >= 15 is 0 Å². The number of nitrogens with one attached hydrogen (secondary N) is 1. The van der Waals surface area contributed by atoms with E-state index in [1.165, 1.54) is 25.3 Å². The summed E-state index contributed by atoms with van der Waals surface area (Å²) in [5.74, 6) is -0.339. The Balaban J connectivity index is 2.18. The van der Waals surface area contributed by atoms with Crippen molar-refractivity contribution < 1.29 is 14.5 Å². The summed E-state index contributed by atoms with van der Waals surface area (Å²) in [4.78, 5) is 22.7. The molecule has 1 unspecified atom stereocenters. The predicted molar refractivity (Wildman–Crippen MR) is 86.7 cm³/mol. The number of nitrogens with zero attached hydrogens (tertiary/aromatic N) is 2. The van der Waals surface area contributed by atoms with E-state index in [4.69, 9.17) is 10.00 Å². The number of amides is 1. The zero-order valence-electron chi connectivity index (χ0n) is 13.1. The van der Waals surface area contributed by atoms with Crippen LogP contribution in [0.4, 0.5) is 5.69 Å². The Morgan fingerprint density at radius 3 is 2.50 bits per heavy atom.